The maximum atomic E-state index is 12.3. The number of nitrogens with one attached hydrogen (secondary N) is 1. The van der Waals surface area contributed by atoms with Gasteiger partial charge in [-0.1, -0.05) is 12.8 Å². The maximum Gasteiger partial charge on any atom is 0.268 e. The highest BCUT2D eigenvalue weighted by molar-refractivity contribution is 7.12. The molecule has 1 fully saturated rings. The monoisotopic (exact) mass is 347 g/mol. The van der Waals surface area contributed by atoms with E-state index in [-0.39, 0.29) is 24.3 Å². The van der Waals surface area contributed by atoms with Gasteiger partial charge in [0.25, 0.3) is 5.91 Å². The summed E-state index contributed by atoms with van der Waals surface area (Å²) >= 11 is 1.38. The number of hydrogen-bond acceptors (Lipinski definition) is 5. The second-order valence-corrected chi connectivity index (χ2v) is 6.86. The fourth-order valence-corrected chi connectivity index (χ4v) is 3.57. The molecule has 0 radical (unpaired) electrons. The Kier molecular flexibility index (Phi) is 5.24. The van der Waals surface area contributed by atoms with Gasteiger partial charge in [0.2, 0.25) is 11.9 Å². The molecule has 128 valence electrons. The van der Waals surface area contributed by atoms with E-state index in [0.29, 0.717) is 4.88 Å². The van der Waals surface area contributed by atoms with Crippen LogP contribution in [-0.4, -0.2) is 44.6 Å². The minimum absolute atomic E-state index is 0.0498. The molecule has 0 bridgehead atoms. The number of anilines is 1. The lowest BCUT2D eigenvalue weighted by atomic mass is 10.2. The van der Waals surface area contributed by atoms with Crippen LogP contribution in [0.25, 0.3) is 0 Å². The molecule has 1 saturated heterocycles. The Morgan fingerprint density at radius 3 is 2.67 bits per heavy atom. The molecule has 2 amide bonds. The molecule has 1 N–H and O–H groups in total. The number of amides is 2. The summed E-state index contributed by atoms with van der Waals surface area (Å²) in [7, 11) is 0. The van der Waals surface area contributed by atoms with Crippen LogP contribution in [-0.2, 0) is 11.3 Å². The highest BCUT2D eigenvalue weighted by Gasteiger charge is 2.17. The number of aromatic nitrogens is 3. The summed E-state index contributed by atoms with van der Waals surface area (Å²) in [6, 6.07) is 1.89. The van der Waals surface area contributed by atoms with Crippen LogP contribution < -0.4 is 5.32 Å². The van der Waals surface area contributed by atoms with Crippen LogP contribution in [0, 0.1) is 6.92 Å². The van der Waals surface area contributed by atoms with E-state index in [1.54, 1.807) is 0 Å². The SMILES string of the molecule is Cc1ccsc1C(=O)Nc1ncn(CC(=O)N2CCCCCC2)n1. The molecule has 0 spiro atoms. The van der Waals surface area contributed by atoms with Gasteiger partial charge in [-0.25, -0.2) is 9.67 Å². The summed E-state index contributed by atoms with van der Waals surface area (Å²) in [6.07, 6.45) is 5.97. The van der Waals surface area contributed by atoms with Crippen LogP contribution in [0.2, 0.25) is 0 Å². The van der Waals surface area contributed by atoms with Crippen molar-refractivity contribution in [2.75, 3.05) is 18.4 Å². The lowest BCUT2D eigenvalue weighted by molar-refractivity contribution is -0.132. The number of aryl methyl sites for hydroxylation is 1. The number of hydrogen-bond donors (Lipinski definition) is 1. The minimum atomic E-state index is -0.223. The van der Waals surface area contributed by atoms with Crippen molar-refractivity contribution in [3.8, 4) is 0 Å². The number of thiophene rings is 1. The van der Waals surface area contributed by atoms with Crippen molar-refractivity contribution in [1.29, 1.82) is 0 Å². The van der Waals surface area contributed by atoms with Gasteiger partial charge in [-0.3, -0.25) is 14.9 Å². The molecule has 0 saturated carbocycles. The zero-order valence-electron chi connectivity index (χ0n) is 13.7. The molecular formula is C16H21N5O2S. The molecule has 0 unspecified atom stereocenters. The molecule has 0 aromatic carbocycles. The van der Waals surface area contributed by atoms with Crippen molar-refractivity contribution in [3.63, 3.8) is 0 Å². The van der Waals surface area contributed by atoms with Crippen molar-refractivity contribution in [2.45, 2.75) is 39.2 Å². The lowest BCUT2D eigenvalue weighted by Gasteiger charge is -2.19. The van der Waals surface area contributed by atoms with E-state index in [9.17, 15) is 9.59 Å². The van der Waals surface area contributed by atoms with E-state index in [4.69, 9.17) is 0 Å². The lowest BCUT2D eigenvalue weighted by Crippen LogP contribution is -2.34. The molecule has 8 heteroatoms. The Bertz CT molecular complexity index is 716. The highest BCUT2D eigenvalue weighted by Crippen LogP contribution is 2.16. The number of nitrogens with zero attached hydrogens (tertiary/aromatic N) is 4. The smallest absolute Gasteiger partial charge is 0.268 e. The van der Waals surface area contributed by atoms with Crippen LogP contribution >= 0.6 is 11.3 Å². The number of carbonyl (C=O) groups is 2. The molecule has 1 aliphatic heterocycles. The van der Waals surface area contributed by atoms with Crippen LogP contribution in [0.4, 0.5) is 5.95 Å². The largest absolute Gasteiger partial charge is 0.341 e. The van der Waals surface area contributed by atoms with Crippen molar-refractivity contribution < 1.29 is 9.59 Å². The number of rotatable bonds is 4. The summed E-state index contributed by atoms with van der Waals surface area (Å²) in [4.78, 5) is 31.1. The van der Waals surface area contributed by atoms with Gasteiger partial charge < -0.3 is 4.90 Å². The molecule has 0 aliphatic carbocycles. The Morgan fingerprint density at radius 2 is 2.00 bits per heavy atom. The van der Waals surface area contributed by atoms with Crippen LogP contribution in [0.1, 0.15) is 40.9 Å². The Morgan fingerprint density at radius 1 is 1.25 bits per heavy atom. The molecular weight excluding hydrogens is 326 g/mol. The van der Waals surface area contributed by atoms with Crippen LogP contribution in [0.3, 0.4) is 0 Å². The van der Waals surface area contributed by atoms with E-state index in [2.05, 4.69) is 15.4 Å². The molecule has 7 nitrogen and oxygen atoms in total. The first-order valence-corrected chi connectivity index (χ1v) is 9.04. The fraction of sp³-hybridized carbons (Fsp3) is 0.500. The van der Waals surface area contributed by atoms with Crippen molar-refractivity contribution >= 4 is 29.1 Å². The van der Waals surface area contributed by atoms with Crippen LogP contribution in [0.15, 0.2) is 17.8 Å². The molecule has 1 aliphatic rings. The summed E-state index contributed by atoms with van der Waals surface area (Å²) in [6.45, 7) is 3.67. The second kappa shape index (κ2) is 7.57. The zero-order chi connectivity index (χ0) is 16.9. The van der Waals surface area contributed by atoms with Gasteiger partial charge in [0.05, 0.1) is 4.88 Å². The van der Waals surface area contributed by atoms with Crippen molar-refractivity contribution in [2.24, 2.45) is 0 Å². The van der Waals surface area contributed by atoms with E-state index >= 15 is 0 Å². The van der Waals surface area contributed by atoms with Gasteiger partial charge in [0.1, 0.15) is 12.9 Å². The standard InChI is InChI=1S/C16H21N5O2S/c1-12-6-9-24-14(12)15(23)18-16-17-11-21(19-16)10-13(22)20-7-4-2-3-5-8-20/h6,9,11H,2-5,7-8,10H2,1H3,(H,18,19,23). The Balaban J connectivity index is 1.58. The third kappa shape index (κ3) is 4.00. The second-order valence-electron chi connectivity index (χ2n) is 5.95. The quantitative estimate of drug-likeness (QED) is 0.920. The van der Waals surface area contributed by atoms with E-state index in [0.717, 1.165) is 31.5 Å². The van der Waals surface area contributed by atoms with E-state index in [1.165, 1.54) is 35.2 Å². The van der Waals surface area contributed by atoms with Gasteiger partial charge in [0, 0.05) is 13.1 Å². The Labute approximate surface area is 144 Å². The van der Waals surface area contributed by atoms with Crippen molar-refractivity contribution in [1.82, 2.24) is 19.7 Å². The predicted octanol–water partition coefficient (Wildman–Crippen LogP) is 2.30. The maximum absolute atomic E-state index is 12.3. The third-order valence-electron chi connectivity index (χ3n) is 4.09. The van der Waals surface area contributed by atoms with Gasteiger partial charge in [-0.05, 0) is 36.8 Å². The first kappa shape index (κ1) is 16.6. The number of carbonyl (C=O) groups excluding carboxylic acids is 2. The van der Waals surface area contributed by atoms with Gasteiger partial charge in [-0.2, -0.15) is 0 Å². The molecule has 0 atom stereocenters. The topological polar surface area (TPSA) is 80.1 Å². The van der Waals surface area contributed by atoms with Gasteiger partial charge in [0.15, 0.2) is 0 Å². The average Bonchev–Trinajstić information content (AvgIpc) is 3.07. The highest BCUT2D eigenvalue weighted by atomic mass is 32.1. The van der Waals surface area contributed by atoms with Crippen LogP contribution in [0.5, 0.6) is 0 Å². The fourth-order valence-electron chi connectivity index (χ4n) is 2.75. The first-order valence-electron chi connectivity index (χ1n) is 8.16. The Hall–Kier alpha value is -2.22. The molecule has 3 rings (SSSR count). The summed E-state index contributed by atoms with van der Waals surface area (Å²) in [5.74, 6) is 0.0457. The summed E-state index contributed by atoms with van der Waals surface area (Å²) < 4.78 is 1.48. The summed E-state index contributed by atoms with van der Waals surface area (Å²) in [5.41, 5.74) is 0.924. The summed E-state index contributed by atoms with van der Waals surface area (Å²) in [5, 5.41) is 8.72. The van der Waals surface area contributed by atoms with Crippen molar-refractivity contribution in [3.05, 3.63) is 28.2 Å². The normalized spacial score (nSPS) is 15.1. The minimum Gasteiger partial charge on any atom is -0.341 e. The zero-order valence-corrected chi connectivity index (χ0v) is 14.5. The number of likely N-dealkylation sites (tertiary alicyclic amines) is 1. The average molecular weight is 347 g/mol. The molecule has 2 aromatic rings. The predicted molar refractivity (Wildman–Crippen MR) is 92.1 cm³/mol. The van der Waals surface area contributed by atoms with Gasteiger partial charge >= 0.3 is 0 Å². The van der Waals surface area contributed by atoms with Gasteiger partial charge in [-0.15, -0.1) is 16.4 Å². The van der Waals surface area contributed by atoms with E-state index in [1.807, 2.05) is 23.3 Å². The molecule has 24 heavy (non-hydrogen) atoms. The third-order valence-corrected chi connectivity index (χ3v) is 5.10. The van der Waals surface area contributed by atoms with E-state index < -0.39 is 0 Å². The molecule has 3 heterocycles. The molecule has 2 aromatic heterocycles. The first-order chi connectivity index (χ1) is 11.6.